The molecule has 1 unspecified atom stereocenters. The van der Waals surface area contributed by atoms with E-state index in [9.17, 15) is 14.5 Å². The van der Waals surface area contributed by atoms with Crippen molar-refractivity contribution in [2.75, 3.05) is 12.2 Å². The van der Waals surface area contributed by atoms with Crippen LogP contribution in [-0.2, 0) is 9.09 Å². The molecule has 3 heterocycles. The van der Waals surface area contributed by atoms with E-state index in [1.807, 2.05) is 68.6 Å². The summed E-state index contributed by atoms with van der Waals surface area (Å²) in [6.07, 6.45) is 3.56. The minimum Gasteiger partial charge on any atom is -0.477 e. The van der Waals surface area contributed by atoms with Crippen LogP contribution in [0.4, 0.5) is 5.69 Å². The van der Waals surface area contributed by atoms with Crippen molar-refractivity contribution >= 4 is 41.5 Å². The van der Waals surface area contributed by atoms with Gasteiger partial charge in [0.15, 0.2) is 5.65 Å². The normalized spacial score (nSPS) is 13.0. The maximum Gasteiger partial charge on any atom is 0.348 e. The smallest absolute Gasteiger partial charge is 0.348 e. The van der Waals surface area contributed by atoms with Crippen molar-refractivity contribution in [1.82, 2.24) is 14.6 Å². The summed E-state index contributed by atoms with van der Waals surface area (Å²) in [5.41, 5.74) is 5.38. The Labute approximate surface area is 211 Å². The Morgan fingerprint density at radius 1 is 1.08 bits per heavy atom. The second-order valence-electron chi connectivity index (χ2n) is 8.32. The standard InChI is InChI=1S/C26H23N4O4PS/c1-16-5-10-22(17(2)13-16)35(33,34-3)29-21-14-23(36-25(21)26(31)32)19-8-6-18(7-9-19)20-15-24-27-11-4-12-30(24)28-20/h4-15H,1-3H3,(H,29,33)(H,31,32). The summed E-state index contributed by atoms with van der Waals surface area (Å²) in [7, 11) is -2.21. The fourth-order valence-electron chi connectivity index (χ4n) is 4.05. The number of rotatable bonds is 7. The third-order valence-corrected chi connectivity index (χ3v) is 9.18. The van der Waals surface area contributed by atoms with Crippen LogP contribution in [0.15, 0.2) is 73.1 Å². The number of fused-ring (bicyclic) bond motifs is 1. The summed E-state index contributed by atoms with van der Waals surface area (Å²) in [5.74, 6) is -1.11. The van der Waals surface area contributed by atoms with E-state index < -0.39 is 13.5 Å². The Morgan fingerprint density at radius 3 is 2.50 bits per heavy atom. The zero-order valence-corrected chi connectivity index (χ0v) is 21.5. The lowest BCUT2D eigenvalue weighted by molar-refractivity contribution is 0.0703. The number of aromatic carboxylic acids is 1. The summed E-state index contributed by atoms with van der Waals surface area (Å²) >= 11 is 1.11. The van der Waals surface area contributed by atoms with Gasteiger partial charge in [0.2, 0.25) is 0 Å². The number of nitrogens with zero attached hydrogens (tertiary/aromatic N) is 3. The monoisotopic (exact) mass is 518 g/mol. The molecule has 0 saturated heterocycles. The van der Waals surface area contributed by atoms with E-state index in [2.05, 4.69) is 15.2 Å². The van der Waals surface area contributed by atoms with E-state index in [4.69, 9.17) is 4.52 Å². The number of hydrogen-bond donors (Lipinski definition) is 2. The zero-order valence-electron chi connectivity index (χ0n) is 19.8. The maximum atomic E-state index is 13.7. The van der Waals surface area contributed by atoms with Crippen LogP contribution in [-0.4, -0.2) is 32.8 Å². The van der Waals surface area contributed by atoms with Crippen LogP contribution >= 0.6 is 18.9 Å². The van der Waals surface area contributed by atoms with E-state index in [0.29, 0.717) is 5.30 Å². The lowest BCUT2D eigenvalue weighted by Gasteiger charge is -2.20. The first-order chi connectivity index (χ1) is 17.3. The van der Waals surface area contributed by atoms with E-state index >= 15 is 0 Å². The molecular formula is C26H23N4O4PS. The van der Waals surface area contributed by atoms with Crippen molar-refractivity contribution < 1.29 is 19.0 Å². The molecule has 10 heteroatoms. The number of carboxylic acids is 1. The van der Waals surface area contributed by atoms with Crippen LogP contribution < -0.4 is 10.4 Å². The average Bonchev–Trinajstić information content (AvgIpc) is 3.48. The molecule has 0 aliphatic rings. The van der Waals surface area contributed by atoms with E-state index in [-0.39, 0.29) is 10.6 Å². The maximum absolute atomic E-state index is 13.7. The number of anilines is 1. The van der Waals surface area contributed by atoms with Crippen molar-refractivity contribution in [1.29, 1.82) is 0 Å². The van der Waals surface area contributed by atoms with E-state index in [1.165, 1.54) is 7.11 Å². The molecule has 0 aliphatic heterocycles. The number of benzene rings is 2. The Bertz CT molecular complexity index is 1610. The molecule has 0 bridgehead atoms. The molecule has 0 amide bonds. The van der Waals surface area contributed by atoms with Gasteiger partial charge in [0, 0.05) is 36.0 Å². The van der Waals surface area contributed by atoms with Crippen molar-refractivity contribution in [2.45, 2.75) is 13.8 Å². The number of aryl methyl sites for hydroxylation is 2. The van der Waals surface area contributed by atoms with Gasteiger partial charge < -0.3 is 14.7 Å². The van der Waals surface area contributed by atoms with Crippen molar-refractivity contribution in [2.24, 2.45) is 0 Å². The molecule has 0 aliphatic carbocycles. The second kappa shape index (κ2) is 9.35. The highest BCUT2D eigenvalue weighted by Crippen LogP contribution is 2.48. The SMILES string of the molecule is COP(=O)(Nc1cc(-c2ccc(-c3cc4ncccn4n3)cc2)sc1C(=O)O)c1ccc(C)cc1C. The fourth-order valence-corrected chi connectivity index (χ4v) is 6.79. The molecule has 8 nitrogen and oxygen atoms in total. The van der Waals surface area contributed by atoms with Gasteiger partial charge in [-0.15, -0.1) is 11.3 Å². The molecule has 2 aromatic carbocycles. The summed E-state index contributed by atoms with van der Waals surface area (Å²) in [6, 6.07) is 18.6. The molecule has 0 saturated carbocycles. The van der Waals surface area contributed by atoms with Gasteiger partial charge in [-0.25, -0.2) is 14.3 Å². The quantitative estimate of drug-likeness (QED) is 0.254. The summed E-state index contributed by atoms with van der Waals surface area (Å²) in [6.45, 7) is 3.81. The third-order valence-electron chi connectivity index (χ3n) is 5.82. The molecule has 0 fully saturated rings. The molecule has 5 rings (SSSR count). The molecule has 0 spiro atoms. The first-order valence-electron chi connectivity index (χ1n) is 11.1. The minimum absolute atomic E-state index is 0.0579. The first kappa shape index (κ1) is 23.9. The van der Waals surface area contributed by atoms with Gasteiger partial charge in [-0.3, -0.25) is 4.57 Å². The molecule has 36 heavy (non-hydrogen) atoms. The fraction of sp³-hybridized carbons (Fsp3) is 0.115. The highest BCUT2D eigenvalue weighted by atomic mass is 32.1. The van der Waals surface area contributed by atoms with E-state index in [0.717, 1.165) is 49.8 Å². The van der Waals surface area contributed by atoms with Gasteiger partial charge in [0.1, 0.15) is 4.88 Å². The van der Waals surface area contributed by atoms with Gasteiger partial charge in [-0.05, 0) is 43.2 Å². The second-order valence-corrected chi connectivity index (χ2v) is 11.5. The number of hydrogen-bond acceptors (Lipinski definition) is 6. The molecular weight excluding hydrogens is 495 g/mol. The molecule has 1 atom stereocenters. The van der Waals surface area contributed by atoms with Crippen LogP contribution in [0.5, 0.6) is 0 Å². The molecule has 5 aromatic rings. The third kappa shape index (κ3) is 4.44. The lowest BCUT2D eigenvalue weighted by Crippen LogP contribution is -2.17. The zero-order chi connectivity index (χ0) is 25.4. The minimum atomic E-state index is -3.56. The lowest BCUT2D eigenvalue weighted by atomic mass is 10.1. The van der Waals surface area contributed by atoms with Crippen LogP contribution in [0.1, 0.15) is 20.8 Å². The number of aromatic nitrogens is 3. The Balaban J connectivity index is 1.48. The summed E-state index contributed by atoms with van der Waals surface area (Å²) in [5, 5.41) is 17.8. The van der Waals surface area contributed by atoms with Crippen LogP contribution in [0.2, 0.25) is 0 Å². The van der Waals surface area contributed by atoms with Gasteiger partial charge in [0.05, 0.1) is 16.7 Å². The molecule has 182 valence electrons. The largest absolute Gasteiger partial charge is 0.477 e. The van der Waals surface area contributed by atoms with Crippen molar-refractivity contribution in [3.63, 3.8) is 0 Å². The molecule has 2 N–H and O–H groups in total. The highest BCUT2D eigenvalue weighted by Gasteiger charge is 2.30. The Hall–Kier alpha value is -3.78. The van der Waals surface area contributed by atoms with Crippen LogP contribution in [0.25, 0.3) is 27.3 Å². The molecule has 0 radical (unpaired) electrons. The van der Waals surface area contributed by atoms with E-state index in [1.54, 1.807) is 22.8 Å². The summed E-state index contributed by atoms with van der Waals surface area (Å²) in [4.78, 5) is 17.1. The van der Waals surface area contributed by atoms with Gasteiger partial charge in [-0.2, -0.15) is 5.10 Å². The number of thiophene rings is 1. The predicted molar refractivity (Wildman–Crippen MR) is 142 cm³/mol. The van der Waals surface area contributed by atoms with Crippen molar-refractivity contribution in [3.05, 3.63) is 89.1 Å². The highest BCUT2D eigenvalue weighted by molar-refractivity contribution is 7.68. The first-order valence-corrected chi connectivity index (χ1v) is 13.5. The van der Waals surface area contributed by atoms with Gasteiger partial charge >= 0.3 is 13.5 Å². The van der Waals surface area contributed by atoms with Crippen molar-refractivity contribution in [3.8, 4) is 21.7 Å². The topological polar surface area (TPSA) is 106 Å². The Kier molecular flexibility index (Phi) is 6.22. The Morgan fingerprint density at radius 2 is 1.83 bits per heavy atom. The van der Waals surface area contributed by atoms with Gasteiger partial charge in [0.25, 0.3) is 0 Å². The predicted octanol–water partition coefficient (Wildman–Crippen LogP) is 6.02. The number of carboxylic acid groups (broad SMARTS) is 1. The number of carbonyl (C=O) groups is 1. The average molecular weight is 519 g/mol. The van der Waals surface area contributed by atoms with Crippen LogP contribution in [0.3, 0.4) is 0 Å². The van der Waals surface area contributed by atoms with Gasteiger partial charge in [-0.1, -0.05) is 42.0 Å². The molecule has 3 aromatic heterocycles. The number of nitrogens with one attached hydrogen (secondary N) is 1. The van der Waals surface area contributed by atoms with Crippen LogP contribution in [0, 0.1) is 13.8 Å². The summed E-state index contributed by atoms with van der Waals surface area (Å²) < 4.78 is 20.9.